The van der Waals surface area contributed by atoms with Crippen LogP contribution in [0.5, 0.6) is 0 Å². The first-order valence-electron chi connectivity index (χ1n) is 5.95. The van der Waals surface area contributed by atoms with Gasteiger partial charge in [-0.25, -0.2) is 0 Å². The first-order chi connectivity index (χ1) is 7.72. The number of rotatable bonds is 3. The van der Waals surface area contributed by atoms with E-state index < -0.39 is 6.10 Å². The molecule has 3 heteroatoms. The van der Waals surface area contributed by atoms with E-state index in [0.29, 0.717) is 19.1 Å². The van der Waals surface area contributed by atoms with E-state index in [-0.39, 0.29) is 0 Å². The zero-order valence-corrected chi connectivity index (χ0v) is 9.76. The summed E-state index contributed by atoms with van der Waals surface area (Å²) in [6.07, 6.45) is 1.84. The molecule has 3 N–H and O–H groups in total. The van der Waals surface area contributed by atoms with Gasteiger partial charge in [-0.15, -0.1) is 0 Å². The normalized spacial score (nSPS) is 21.7. The van der Waals surface area contributed by atoms with Gasteiger partial charge in [-0.1, -0.05) is 18.2 Å². The summed E-state index contributed by atoms with van der Waals surface area (Å²) in [7, 11) is 0. The predicted molar refractivity (Wildman–Crippen MR) is 66.6 cm³/mol. The number of hydrogen-bond acceptors (Lipinski definition) is 3. The van der Waals surface area contributed by atoms with Crippen molar-refractivity contribution in [1.29, 1.82) is 0 Å². The van der Waals surface area contributed by atoms with E-state index >= 15 is 0 Å². The Morgan fingerprint density at radius 3 is 3.00 bits per heavy atom. The Morgan fingerprint density at radius 1 is 1.50 bits per heavy atom. The Morgan fingerprint density at radius 2 is 2.25 bits per heavy atom. The topological polar surface area (TPSA) is 49.5 Å². The number of β-amino-alcohol motifs (C(OH)–C–C–N with tert-alkyl or cyclic N) is 1. The molecule has 0 fully saturated rings. The zero-order valence-electron chi connectivity index (χ0n) is 9.76. The zero-order chi connectivity index (χ0) is 11.5. The quantitative estimate of drug-likeness (QED) is 0.803. The molecule has 0 amide bonds. The molecule has 2 unspecified atom stereocenters. The second-order valence-electron chi connectivity index (χ2n) is 4.56. The van der Waals surface area contributed by atoms with E-state index in [1.807, 2.05) is 0 Å². The molecule has 2 atom stereocenters. The Hall–Kier alpha value is -1.06. The molecule has 0 bridgehead atoms. The molecule has 0 aliphatic carbocycles. The van der Waals surface area contributed by atoms with Crippen molar-refractivity contribution in [1.82, 2.24) is 0 Å². The Kier molecular flexibility index (Phi) is 3.46. The lowest BCUT2D eigenvalue weighted by molar-refractivity contribution is 0.184. The highest BCUT2D eigenvalue weighted by molar-refractivity contribution is 5.56. The highest BCUT2D eigenvalue weighted by Gasteiger charge is 2.23. The standard InChI is InChI=1S/C13H20N2O/c1-10-6-7-11-4-2-3-5-13(11)15(10)9-12(16)8-14/h2-5,10,12,16H,6-9,14H2,1H3. The maximum absolute atomic E-state index is 9.69. The average Bonchev–Trinajstić information content (AvgIpc) is 2.32. The Balaban J connectivity index is 2.22. The van der Waals surface area contributed by atoms with Crippen LogP contribution < -0.4 is 10.6 Å². The summed E-state index contributed by atoms with van der Waals surface area (Å²) in [6, 6.07) is 8.92. The smallest absolute Gasteiger partial charge is 0.0837 e. The number of hydrogen-bond donors (Lipinski definition) is 2. The predicted octanol–water partition coefficient (Wildman–Crippen LogP) is 1.15. The minimum Gasteiger partial charge on any atom is -0.390 e. The number of aryl methyl sites for hydroxylation is 1. The first-order valence-corrected chi connectivity index (χ1v) is 5.95. The molecule has 1 aliphatic rings. The number of anilines is 1. The summed E-state index contributed by atoms with van der Waals surface area (Å²) < 4.78 is 0. The van der Waals surface area contributed by atoms with Crippen molar-refractivity contribution in [3.8, 4) is 0 Å². The van der Waals surface area contributed by atoms with Gasteiger partial charge < -0.3 is 15.7 Å². The number of nitrogens with two attached hydrogens (primary N) is 1. The fourth-order valence-electron chi connectivity index (χ4n) is 2.34. The Labute approximate surface area is 96.9 Å². The molecule has 16 heavy (non-hydrogen) atoms. The summed E-state index contributed by atoms with van der Waals surface area (Å²) in [5, 5.41) is 9.69. The van der Waals surface area contributed by atoms with Crippen LogP contribution in [0.4, 0.5) is 5.69 Å². The van der Waals surface area contributed by atoms with Gasteiger partial charge in [0.15, 0.2) is 0 Å². The van der Waals surface area contributed by atoms with Crippen LogP contribution in [0.15, 0.2) is 24.3 Å². The van der Waals surface area contributed by atoms with Crippen LogP contribution >= 0.6 is 0 Å². The van der Waals surface area contributed by atoms with Gasteiger partial charge in [-0.2, -0.15) is 0 Å². The van der Waals surface area contributed by atoms with Gasteiger partial charge in [-0.3, -0.25) is 0 Å². The molecule has 1 aromatic rings. The second kappa shape index (κ2) is 4.85. The molecule has 1 aliphatic heterocycles. The summed E-state index contributed by atoms with van der Waals surface area (Å²) >= 11 is 0. The lowest BCUT2D eigenvalue weighted by Crippen LogP contribution is -2.44. The summed E-state index contributed by atoms with van der Waals surface area (Å²) in [6.45, 7) is 3.17. The lowest BCUT2D eigenvalue weighted by Gasteiger charge is -2.38. The third kappa shape index (κ3) is 2.20. The first kappa shape index (κ1) is 11.4. The van der Waals surface area contributed by atoms with Crippen molar-refractivity contribution in [2.24, 2.45) is 5.73 Å². The van der Waals surface area contributed by atoms with Crippen LogP contribution in [0.3, 0.4) is 0 Å². The number of aliphatic hydroxyl groups is 1. The summed E-state index contributed by atoms with van der Waals surface area (Å²) in [4.78, 5) is 2.27. The van der Waals surface area contributed by atoms with Gasteiger partial charge in [0.25, 0.3) is 0 Å². The molecular formula is C13H20N2O. The number of para-hydroxylation sites is 1. The van der Waals surface area contributed by atoms with E-state index in [2.05, 4.69) is 36.1 Å². The van der Waals surface area contributed by atoms with E-state index in [4.69, 9.17) is 5.73 Å². The largest absolute Gasteiger partial charge is 0.390 e. The third-order valence-electron chi connectivity index (χ3n) is 3.34. The SMILES string of the molecule is CC1CCc2ccccc2N1CC(O)CN. The van der Waals surface area contributed by atoms with Crippen LogP contribution in [0, 0.1) is 0 Å². The van der Waals surface area contributed by atoms with E-state index in [0.717, 1.165) is 12.8 Å². The fraction of sp³-hybridized carbons (Fsp3) is 0.538. The maximum atomic E-state index is 9.69. The molecule has 2 rings (SSSR count). The van der Waals surface area contributed by atoms with E-state index in [9.17, 15) is 5.11 Å². The summed E-state index contributed by atoms with van der Waals surface area (Å²) in [5.41, 5.74) is 8.12. The van der Waals surface area contributed by atoms with Gasteiger partial charge in [0.05, 0.1) is 6.10 Å². The number of benzene rings is 1. The van der Waals surface area contributed by atoms with Crippen molar-refractivity contribution < 1.29 is 5.11 Å². The molecule has 3 nitrogen and oxygen atoms in total. The lowest BCUT2D eigenvalue weighted by atomic mass is 9.96. The van der Waals surface area contributed by atoms with Crippen molar-refractivity contribution in [3.63, 3.8) is 0 Å². The highest BCUT2D eigenvalue weighted by Crippen LogP contribution is 2.30. The molecule has 0 spiro atoms. The fourth-order valence-corrected chi connectivity index (χ4v) is 2.34. The molecule has 88 valence electrons. The third-order valence-corrected chi connectivity index (χ3v) is 3.34. The average molecular weight is 220 g/mol. The van der Waals surface area contributed by atoms with Crippen LogP contribution in [0.1, 0.15) is 18.9 Å². The van der Waals surface area contributed by atoms with E-state index in [1.165, 1.54) is 11.3 Å². The molecule has 1 heterocycles. The van der Waals surface area contributed by atoms with Crippen LogP contribution in [-0.4, -0.2) is 30.3 Å². The minimum atomic E-state index is -0.436. The van der Waals surface area contributed by atoms with Crippen LogP contribution in [0.2, 0.25) is 0 Å². The number of aliphatic hydroxyl groups excluding tert-OH is 1. The Bertz CT molecular complexity index is 354. The molecule has 0 radical (unpaired) electrons. The van der Waals surface area contributed by atoms with Gasteiger partial charge in [-0.05, 0) is 31.4 Å². The molecule has 1 aromatic carbocycles. The van der Waals surface area contributed by atoms with Crippen molar-refractivity contribution in [3.05, 3.63) is 29.8 Å². The van der Waals surface area contributed by atoms with Gasteiger partial charge in [0.1, 0.15) is 0 Å². The molecule has 0 saturated carbocycles. The minimum absolute atomic E-state index is 0.325. The van der Waals surface area contributed by atoms with Crippen molar-refractivity contribution >= 4 is 5.69 Å². The van der Waals surface area contributed by atoms with Crippen molar-refractivity contribution in [2.45, 2.75) is 31.9 Å². The van der Waals surface area contributed by atoms with E-state index in [1.54, 1.807) is 0 Å². The van der Waals surface area contributed by atoms with Gasteiger partial charge >= 0.3 is 0 Å². The summed E-state index contributed by atoms with van der Waals surface area (Å²) in [5.74, 6) is 0. The van der Waals surface area contributed by atoms with Crippen molar-refractivity contribution in [2.75, 3.05) is 18.0 Å². The van der Waals surface area contributed by atoms with Gasteiger partial charge in [0, 0.05) is 24.8 Å². The highest BCUT2D eigenvalue weighted by atomic mass is 16.3. The van der Waals surface area contributed by atoms with Gasteiger partial charge in [0.2, 0.25) is 0 Å². The molecular weight excluding hydrogens is 200 g/mol. The molecule has 0 aromatic heterocycles. The van der Waals surface area contributed by atoms with Crippen LogP contribution in [-0.2, 0) is 6.42 Å². The van der Waals surface area contributed by atoms with Crippen LogP contribution in [0.25, 0.3) is 0 Å². The number of fused-ring (bicyclic) bond motifs is 1. The maximum Gasteiger partial charge on any atom is 0.0837 e. The number of nitrogens with zero attached hydrogens (tertiary/aromatic N) is 1. The monoisotopic (exact) mass is 220 g/mol. The molecule has 0 saturated heterocycles. The second-order valence-corrected chi connectivity index (χ2v) is 4.56.